The highest BCUT2D eigenvalue weighted by molar-refractivity contribution is 5.75. The van der Waals surface area contributed by atoms with Crippen LogP contribution in [-0.4, -0.2) is 39.3 Å². The second-order valence-corrected chi connectivity index (χ2v) is 6.63. The molecule has 2 aromatic rings. The van der Waals surface area contributed by atoms with Gasteiger partial charge in [-0.25, -0.2) is 4.98 Å². The molecule has 1 saturated heterocycles. The first kappa shape index (κ1) is 16.0. The van der Waals surface area contributed by atoms with Crippen molar-refractivity contribution < 1.29 is 4.79 Å². The summed E-state index contributed by atoms with van der Waals surface area (Å²) in [4.78, 5) is 18.3. The van der Waals surface area contributed by atoms with Crippen LogP contribution >= 0.6 is 0 Å². The maximum atomic E-state index is 11.8. The summed E-state index contributed by atoms with van der Waals surface area (Å²) >= 11 is 0. The number of pyridine rings is 1. The maximum Gasteiger partial charge on any atom is 0.222 e. The Morgan fingerprint density at radius 3 is 3.04 bits per heavy atom. The predicted octanol–water partition coefficient (Wildman–Crippen LogP) is 2.38. The van der Waals surface area contributed by atoms with Crippen molar-refractivity contribution in [2.24, 2.45) is 5.92 Å². The summed E-state index contributed by atoms with van der Waals surface area (Å²) in [5, 5.41) is 3.66. The normalized spacial score (nSPS) is 21.8. The highest BCUT2D eigenvalue weighted by atomic mass is 16.2. The first-order valence-electron chi connectivity index (χ1n) is 8.52. The molecule has 0 saturated carbocycles. The highest BCUT2D eigenvalue weighted by Crippen LogP contribution is 2.18. The molecule has 3 rings (SSSR count). The van der Waals surface area contributed by atoms with Gasteiger partial charge in [0.05, 0.1) is 11.9 Å². The van der Waals surface area contributed by atoms with E-state index in [4.69, 9.17) is 0 Å². The van der Waals surface area contributed by atoms with Crippen molar-refractivity contribution in [2.75, 3.05) is 13.1 Å². The lowest BCUT2D eigenvalue weighted by molar-refractivity contribution is -0.132. The first-order valence-corrected chi connectivity index (χ1v) is 8.52. The van der Waals surface area contributed by atoms with Gasteiger partial charge in [-0.05, 0) is 37.0 Å². The number of aromatic nitrogens is 2. The van der Waals surface area contributed by atoms with E-state index in [1.807, 2.05) is 18.0 Å². The van der Waals surface area contributed by atoms with Crippen LogP contribution in [-0.2, 0) is 11.3 Å². The van der Waals surface area contributed by atoms with Gasteiger partial charge in [0.2, 0.25) is 5.91 Å². The molecule has 0 spiro atoms. The van der Waals surface area contributed by atoms with Crippen molar-refractivity contribution in [3.05, 3.63) is 35.8 Å². The zero-order chi connectivity index (χ0) is 16.4. The van der Waals surface area contributed by atoms with Crippen molar-refractivity contribution in [2.45, 2.75) is 46.2 Å². The summed E-state index contributed by atoms with van der Waals surface area (Å²) in [5.41, 5.74) is 3.40. The molecule has 1 amide bonds. The molecule has 5 nitrogen and oxygen atoms in total. The van der Waals surface area contributed by atoms with Crippen molar-refractivity contribution in [3.8, 4) is 0 Å². The topological polar surface area (TPSA) is 49.6 Å². The van der Waals surface area contributed by atoms with Crippen LogP contribution in [0.25, 0.3) is 5.65 Å². The van der Waals surface area contributed by atoms with E-state index in [-0.39, 0.29) is 5.91 Å². The van der Waals surface area contributed by atoms with Gasteiger partial charge in [0, 0.05) is 38.3 Å². The number of rotatable bonds is 4. The van der Waals surface area contributed by atoms with Gasteiger partial charge >= 0.3 is 0 Å². The Hall–Kier alpha value is -1.88. The summed E-state index contributed by atoms with van der Waals surface area (Å²) in [6, 6.07) is 4.66. The maximum absolute atomic E-state index is 11.8. The number of nitrogens with one attached hydrogen (secondary N) is 1. The van der Waals surface area contributed by atoms with E-state index in [1.54, 1.807) is 0 Å². The Kier molecular flexibility index (Phi) is 4.66. The molecule has 0 bridgehead atoms. The molecular weight excluding hydrogens is 288 g/mol. The van der Waals surface area contributed by atoms with Crippen molar-refractivity contribution >= 4 is 11.6 Å². The number of amides is 1. The molecule has 2 unspecified atom stereocenters. The summed E-state index contributed by atoms with van der Waals surface area (Å²) in [7, 11) is 0. The molecule has 0 aliphatic carbocycles. The minimum Gasteiger partial charge on any atom is -0.342 e. The van der Waals surface area contributed by atoms with E-state index in [0.29, 0.717) is 18.4 Å². The summed E-state index contributed by atoms with van der Waals surface area (Å²) < 4.78 is 2.14. The average molecular weight is 314 g/mol. The summed E-state index contributed by atoms with van der Waals surface area (Å²) in [6.07, 6.45) is 5.65. The molecule has 1 N–H and O–H groups in total. The second kappa shape index (κ2) is 6.71. The minimum atomic E-state index is 0.271. The van der Waals surface area contributed by atoms with Crippen LogP contribution in [0, 0.1) is 12.8 Å². The predicted molar refractivity (Wildman–Crippen MR) is 91.2 cm³/mol. The Morgan fingerprint density at radius 1 is 1.48 bits per heavy atom. The van der Waals surface area contributed by atoms with Gasteiger partial charge in [-0.2, -0.15) is 0 Å². The lowest BCUT2D eigenvalue weighted by atomic mass is 9.93. The molecule has 1 aliphatic rings. The first-order chi connectivity index (χ1) is 11.1. The van der Waals surface area contributed by atoms with E-state index in [9.17, 15) is 4.79 Å². The van der Waals surface area contributed by atoms with Gasteiger partial charge in [-0.1, -0.05) is 13.8 Å². The van der Waals surface area contributed by atoms with Gasteiger partial charge in [-0.3, -0.25) is 4.79 Å². The van der Waals surface area contributed by atoms with Gasteiger partial charge in [-0.15, -0.1) is 0 Å². The molecule has 2 aromatic heterocycles. The summed E-state index contributed by atoms with van der Waals surface area (Å²) in [5.74, 6) is 0.744. The van der Waals surface area contributed by atoms with Crippen LogP contribution in [0.3, 0.4) is 0 Å². The number of carbonyl (C=O) groups is 1. The number of aryl methyl sites for hydroxylation is 1. The minimum absolute atomic E-state index is 0.271. The highest BCUT2D eigenvalue weighted by Gasteiger charge is 2.27. The molecule has 5 heteroatoms. The number of likely N-dealkylation sites (tertiary alicyclic amines) is 1. The van der Waals surface area contributed by atoms with E-state index in [1.165, 1.54) is 11.3 Å². The molecule has 3 heterocycles. The average Bonchev–Trinajstić information content (AvgIpc) is 2.95. The molecule has 124 valence electrons. The number of imidazole rings is 1. The third-order valence-corrected chi connectivity index (χ3v) is 4.85. The molecular formula is C18H26N4O. The number of carbonyl (C=O) groups excluding carboxylic acids is 1. The van der Waals surface area contributed by atoms with E-state index < -0.39 is 0 Å². The third-order valence-electron chi connectivity index (χ3n) is 4.85. The van der Waals surface area contributed by atoms with Crippen molar-refractivity contribution in [1.82, 2.24) is 19.6 Å². The zero-order valence-electron chi connectivity index (χ0n) is 14.2. The Morgan fingerprint density at radius 2 is 2.30 bits per heavy atom. The number of piperidine rings is 1. The zero-order valence-corrected chi connectivity index (χ0v) is 14.2. The largest absolute Gasteiger partial charge is 0.342 e. The van der Waals surface area contributed by atoms with Crippen LogP contribution in [0.5, 0.6) is 0 Å². The van der Waals surface area contributed by atoms with Crippen molar-refractivity contribution in [3.63, 3.8) is 0 Å². The Bertz CT molecular complexity index is 693. The van der Waals surface area contributed by atoms with Crippen LogP contribution in [0.1, 0.15) is 37.9 Å². The molecule has 1 fully saturated rings. The Labute approximate surface area is 137 Å². The van der Waals surface area contributed by atoms with Gasteiger partial charge in [0.25, 0.3) is 0 Å². The van der Waals surface area contributed by atoms with Crippen LogP contribution in [0.4, 0.5) is 0 Å². The number of fused-ring (bicyclic) bond motifs is 1. The number of hydrogen-bond donors (Lipinski definition) is 1. The lowest BCUT2D eigenvalue weighted by Gasteiger charge is -2.37. The van der Waals surface area contributed by atoms with Crippen molar-refractivity contribution in [1.29, 1.82) is 0 Å². The smallest absolute Gasteiger partial charge is 0.222 e. The Balaban J connectivity index is 1.61. The number of nitrogens with zero attached hydrogens (tertiary/aromatic N) is 3. The quantitative estimate of drug-likeness (QED) is 0.942. The summed E-state index contributed by atoms with van der Waals surface area (Å²) in [6.45, 7) is 8.77. The molecule has 23 heavy (non-hydrogen) atoms. The standard InChI is InChI=1S/C18H26N4O/c1-4-18(23)21-7-6-16(14(3)12-21)19-10-15-11-20-17-9-13(2)5-8-22(15)17/h5,8-9,11,14,16,19H,4,6-7,10,12H2,1-3H3. The third kappa shape index (κ3) is 3.39. The SMILES string of the molecule is CCC(=O)N1CCC(NCc2cnc3cc(C)ccn23)C(C)C1. The van der Waals surface area contributed by atoms with E-state index >= 15 is 0 Å². The van der Waals surface area contributed by atoms with Crippen LogP contribution in [0.15, 0.2) is 24.5 Å². The van der Waals surface area contributed by atoms with Gasteiger partial charge < -0.3 is 14.6 Å². The fourth-order valence-electron chi connectivity index (χ4n) is 3.40. The fourth-order valence-corrected chi connectivity index (χ4v) is 3.40. The fraction of sp³-hybridized carbons (Fsp3) is 0.556. The van der Waals surface area contributed by atoms with Crippen LogP contribution < -0.4 is 5.32 Å². The molecule has 1 aliphatic heterocycles. The lowest BCUT2D eigenvalue weighted by Crippen LogP contribution is -2.49. The molecule has 0 radical (unpaired) electrons. The van der Waals surface area contributed by atoms with E-state index in [0.717, 1.165) is 31.7 Å². The molecule has 0 aromatic carbocycles. The van der Waals surface area contributed by atoms with Crippen LogP contribution in [0.2, 0.25) is 0 Å². The monoisotopic (exact) mass is 314 g/mol. The van der Waals surface area contributed by atoms with E-state index in [2.05, 4.69) is 46.9 Å². The second-order valence-electron chi connectivity index (χ2n) is 6.63. The van der Waals surface area contributed by atoms with Gasteiger partial charge in [0.15, 0.2) is 0 Å². The molecule has 2 atom stereocenters. The van der Waals surface area contributed by atoms with Gasteiger partial charge in [0.1, 0.15) is 5.65 Å². The number of hydrogen-bond acceptors (Lipinski definition) is 3.